The fourth-order valence-corrected chi connectivity index (χ4v) is 3.62. The Balaban J connectivity index is 2.06. The molecule has 7 heteroatoms. The Hall–Kier alpha value is -2.63. The third kappa shape index (κ3) is 4.74. The van der Waals surface area contributed by atoms with E-state index in [4.69, 9.17) is 37.1 Å². The maximum atomic E-state index is 13.1. The first-order chi connectivity index (χ1) is 14.6. The van der Waals surface area contributed by atoms with Crippen molar-refractivity contribution >= 4 is 39.9 Å². The zero-order valence-electron chi connectivity index (χ0n) is 16.7. The van der Waals surface area contributed by atoms with Gasteiger partial charge in [0.1, 0.15) is 30.0 Å². The number of methoxy groups -OCH3 is 1. The number of nitrogens with zero attached hydrogens (tertiary/aromatic N) is 1. The van der Waals surface area contributed by atoms with Gasteiger partial charge in [0.2, 0.25) is 0 Å². The van der Waals surface area contributed by atoms with E-state index in [0.29, 0.717) is 59.5 Å². The average Bonchev–Trinajstić information content (AvgIpc) is 2.77. The largest absolute Gasteiger partial charge is 0.495 e. The highest BCUT2D eigenvalue weighted by atomic mass is 35.5. The van der Waals surface area contributed by atoms with Crippen LogP contribution in [0, 0.1) is 0 Å². The Morgan fingerprint density at radius 1 is 1.13 bits per heavy atom. The van der Waals surface area contributed by atoms with Gasteiger partial charge in [0.05, 0.1) is 23.7 Å². The molecule has 0 fully saturated rings. The molecular formula is C23H23Cl2NO4. The van der Waals surface area contributed by atoms with E-state index in [1.54, 1.807) is 31.4 Å². The van der Waals surface area contributed by atoms with Crippen LogP contribution < -0.4 is 19.8 Å². The fraction of sp³-hybridized carbons (Fsp3) is 0.261. The van der Waals surface area contributed by atoms with Crippen molar-refractivity contribution in [1.82, 2.24) is 0 Å². The SMILES string of the molecule is C=CCOc1ccc2c(=O)c(-c3ccc(OC)c(N(CCCl)CCCl)c3)coc2c1. The molecule has 0 aliphatic carbocycles. The predicted octanol–water partition coefficient (Wildman–Crippen LogP) is 5.32. The van der Waals surface area contributed by atoms with Crippen molar-refractivity contribution in [3.8, 4) is 22.6 Å². The molecule has 0 radical (unpaired) electrons. The van der Waals surface area contributed by atoms with Gasteiger partial charge in [0.25, 0.3) is 0 Å². The number of alkyl halides is 2. The Bertz CT molecular complexity index is 1070. The van der Waals surface area contributed by atoms with Gasteiger partial charge in [-0.25, -0.2) is 0 Å². The van der Waals surface area contributed by atoms with Crippen LogP contribution in [-0.2, 0) is 0 Å². The van der Waals surface area contributed by atoms with Gasteiger partial charge in [-0.15, -0.1) is 23.2 Å². The Morgan fingerprint density at radius 3 is 2.57 bits per heavy atom. The van der Waals surface area contributed by atoms with E-state index in [1.165, 1.54) is 6.26 Å². The zero-order chi connectivity index (χ0) is 21.5. The lowest BCUT2D eigenvalue weighted by atomic mass is 10.0. The lowest BCUT2D eigenvalue weighted by Gasteiger charge is -2.25. The molecule has 0 bridgehead atoms. The van der Waals surface area contributed by atoms with Crippen LogP contribution in [0.1, 0.15) is 0 Å². The quantitative estimate of drug-likeness (QED) is 0.311. The van der Waals surface area contributed by atoms with Gasteiger partial charge in [-0.3, -0.25) is 4.79 Å². The number of halogens is 2. The number of hydrogen-bond acceptors (Lipinski definition) is 5. The van der Waals surface area contributed by atoms with E-state index in [9.17, 15) is 4.79 Å². The van der Waals surface area contributed by atoms with Gasteiger partial charge in [0, 0.05) is 30.9 Å². The molecule has 3 rings (SSSR count). The summed E-state index contributed by atoms with van der Waals surface area (Å²) in [6.07, 6.45) is 3.13. The van der Waals surface area contributed by atoms with E-state index in [0.717, 1.165) is 11.3 Å². The predicted molar refractivity (Wildman–Crippen MR) is 124 cm³/mol. The van der Waals surface area contributed by atoms with Crippen LogP contribution in [0.5, 0.6) is 11.5 Å². The topological polar surface area (TPSA) is 51.9 Å². The van der Waals surface area contributed by atoms with Gasteiger partial charge in [-0.2, -0.15) is 0 Å². The first kappa shape index (κ1) is 22.1. The van der Waals surface area contributed by atoms with Crippen LogP contribution in [-0.4, -0.2) is 38.6 Å². The summed E-state index contributed by atoms with van der Waals surface area (Å²) in [6.45, 7) is 5.22. The Labute approximate surface area is 185 Å². The average molecular weight is 448 g/mol. The van der Waals surface area contributed by atoms with E-state index in [-0.39, 0.29) is 5.43 Å². The van der Waals surface area contributed by atoms with Gasteiger partial charge >= 0.3 is 0 Å². The molecule has 0 spiro atoms. The highest BCUT2D eigenvalue weighted by Crippen LogP contribution is 2.33. The summed E-state index contributed by atoms with van der Waals surface area (Å²) in [5.41, 5.74) is 2.35. The van der Waals surface area contributed by atoms with Gasteiger partial charge < -0.3 is 18.8 Å². The molecular weight excluding hydrogens is 425 g/mol. The maximum Gasteiger partial charge on any atom is 0.200 e. The van der Waals surface area contributed by atoms with E-state index < -0.39 is 0 Å². The van der Waals surface area contributed by atoms with Crippen LogP contribution in [0.4, 0.5) is 5.69 Å². The normalized spacial score (nSPS) is 10.8. The third-order valence-corrected chi connectivity index (χ3v) is 4.99. The Morgan fingerprint density at radius 2 is 1.90 bits per heavy atom. The highest BCUT2D eigenvalue weighted by Gasteiger charge is 2.16. The third-order valence-electron chi connectivity index (χ3n) is 4.65. The standard InChI is InChI=1S/C23H23Cl2NO4/c1-3-12-29-17-5-6-18-22(14-17)30-15-19(23(18)27)16-4-7-21(28-2)20(13-16)26(10-8-24)11-9-25/h3-7,13-15H,1,8-12H2,2H3. The summed E-state index contributed by atoms with van der Waals surface area (Å²) >= 11 is 11.9. The summed E-state index contributed by atoms with van der Waals surface area (Å²) in [5.74, 6) is 2.18. The molecule has 1 heterocycles. The van der Waals surface area contributed by atoms with Crippen LogP contribution in [0.3, 0.4) is 0 Å². The molecule has 158 valence electrons. The van der Waals surface area contributed by atoms with Crippen LogP contribution in [0.15, 0.2) is 64.5 Å². The van der Waals surface area contributed by atoms with Crippen molar-refractivity contribution in [2.24, 2.45) is 0 Å². The first-order valence-corrected chi connectivity index (χ1v) is 10.5. The lowest BCUT2D eigenvalue weighted by Crippen LogP contribution is -2.28. The number of ether oxygens (including phenoxy) is 2. The van der Waals surface area contributed by atoms with Gasteiger partial charge in [-0.1, -0.05) is 18.7 Å². The summed E-state index contributed by atoms with van der Waals surface area (Å²) in [6, 6.07) is 10.7. The minimum absolute atomic E-state index is 0.121. The summed E-state index contributed by atoms with van der Waals surface area (Å²) < 4.78 is 16.8. The zero-order valence-corrected chi connectivity index (χ0v) is 18.2. The maximum absolute atomic E-state index is 13.1. The van der Waals surface area contributed by atoms with Crippen molar-refractivity contribution in [1.29, 1.82) is 0 Å². The van der Waals surface area contributed by atoms with Gasteiger partial charge in [-0.05, 0) is 29.8 Å². The molecule has 5 nitrogen and oxygen atoms in total. The first-order valence-electron chi connectivity index (χ1n) is 9.47. The van der Waals surface area contributed by atoms with E-state index in [1.807, 2.05) is 23.1 Å². The second kappa shape index (κ2) is 10.4. The van der Waals surface area contributed by atoms with E-state index >= 15 is 0 Å². The monoisotopic (exact) mass is 447 g/mol. The molecule has 1 aromatic heterocycles. The molecule has 0 unspecified atom stereocenters. The number of hydrogen-bond donors (Lipinski definition) is 0. The number of benzene rings is 2. The fourth-order valence-electron chi connectivity index (χ4n) is 3.21. The number of anilines is 1. The van der Waals surface area contributed by atoms with Crippen molar-refractivity contribution < 1.29 is 13.9 Å². The molecule has 0 amide bonds. The van der Waals surface area contributed by atoms with Gasteiger partial charge in [0.15, 0.2) is 5.43 Å². The molecule has 2 aromatic carbocycles. The van der Waals surface area contributed by atoms with Crippen LogP contribution in [0.25, 0.3) is 22.1 Å². The van der Waals surface area contributed by atoms with Crippen molar-refractivity contribution in [3.05, 3.63) is 65.5 Å². The summed E-state index contributed by atoms with van der Waals surface area (Å²) in [4.78, 5) is 15.2. The minimum Gasteiger partial charge on any atom is -0.495 e. The lowest BCUT2D eigenvalue weighted by molar-refractivity contribution is 0.363. The molecule has 0 aliphatic rings. The number of fused-ring (bicyclic) bond motifs is 1. The Kier molecular flexibility index (Phi) is 7.66. The summed E-state index contributed by atoms with van der Waals surface area (Å²) in [7, 11) is 1.61. The molecule has 0 saturated heterocycles. The molecule has 30 heavy (non-hydrogen) atoms. The van der Waals surface area contributed by atoms with Crippen molar-refractivity contribution in [2.75, 3.05) is 43.5 Å². The van der Waals surface area contributed by atoms with Crippen LogP contribution >= 0.6 is 23.2 Å². The molecule has 0 saturated carbocycles. The second-order valence-electron chi connectivity index (χ2n) is 6.49. The van der Waals surface area contributed by atoms with E-state index in [2.05, 4.69) is 6.58 Å². The molecule has 0 N–H and O–H groups in total. The summed E-state index contributed by atoms with van der Waals surface area (Å²) in [5, 5.41) is 0.481. The number of rotatable bonds is 10. The smallest absolute Gasteiger partial charge is 0.200 e. The van der Waals surface area contributed by atoms with Crippen molar-refractivity contribution in [2.45, 2.75) is 0 Å². The van der Waals surface area contributed by atoms with Crippen molar-refractivity contribution in [3.63, 3.8) is 0 Å². The minimum atomic E-state index is -0.121. The molecule has 0 aliphatic heterocycles. The second-order valence-corrected chi connectivity index (χ2v) is 7.24. The highest BCUT2D eigenvalue weighted by molar-refractivity contribution is 6.18. The molecule has 0 atom stereocenters. The van der Waals surface area contributed by atoms with Crippen LogP contribution in [0.2, 0.25) is 0 Å². The molecule has 3 aromatic rings.